The van der Waals surface area contributed by atoms with Crippen LogP contribution in [0.1, 0.15) is 0 Å². The number of aromatic nitrogens is 3. The van der Waals surface area contributed by atoms with Crippen molar-refractivity contribution in [1.82, 2.24) is 20.1 Å². The van der Waals surface area contributed by atoms with E-state index < -0.39 is 0 Å². The first-order valence-corrected chi connectivity index (χ1v) is 7.10. The molecule has 0 saturated heterocycles. The fourth-order valence-corrected chi connectivity index (χ4v) is 2.01. The van der Waals surface area contributed by atoms with Gasteiger partial charge in [0.05, 0.1) is 16.9 Å². The van der Waals surface area contributed by atoms with Crippen molar-refractivity contribution in [2.75, 3.05) is 37.8 Å². The molecule has 0 radical (unpaired) electrons. The van der Waals surface area contributed by atoms with Crippen LogP contribution in [0.2, 0.25) is 10.0 Å². The molecular formula is C13H16Cl2N6. The van der Waals surface area contributed by atoms with E-state index in [1.165, 1.54) is 6.20 Å². The van der Waals surface area contributed by atoms with Crippen LogP contribution in [0.3, 0.4) is 0 Å². The number of likely N-dealkylation sites (N-methyl/N-ethyl adjacent to an activating group) is 1. The quantitative estimate of drug-likeness (QED) is 0.850. The van der Waals surface area contributed by atoms with E-state index in [0.29, 0.717) is 27.5 Å². The maximum Gasteiger partial charge on any atom is 0.244 e. The summed E-state index contributed by atoms with van der Waals surface area (Å²) in [6.45, 7) is 1.61. The minimum absolute atomic E-state index is 0.465. The van der Waals surface area contributed by atoms with Crippen molar-refractivity contribution in [3.05, 3.63) is 34.4 Å². The molecule has 0 aliphatic carbocycles. The Labute approximate surface area is 133 Å². The van der Waals surface area contributed by atoms with Gasteiger partial charge in [0.15, 0.2) is 5.82 Å². The molecule has 1 aromatic carbocycles. The SMILES string of the molecule is CN(C)CCNc1nncc(Nc2ccc(Cl)cc2Cl)n1. The number of benzene rings is 1. The summed E-state index contributed by atoms with van der Waals surface area (Å²) in [6.07, 6.45) is 1.53. The summed E-state index contributed by atoms with van der Waals surface area (Å²) in [5, 5.41) is 15.1. The molecule has 0 unspecified atom stereocenters. The largest absolute Gasteiger partial charge is 0.352 e. The first-order valence-electron chi connectivity index (χ1n) is 6.35. The molecule has 0 aliphatic heterocycles. The lowest BCUT2D eigenvalue weighted by molar-refractivity contribution is 0.425. The van der Waals surface area contributed by atoms with E-state index in [2.05, 4.69) is 30.7 Å². The van der Waals surface area contributed by atoms with Crippen molar-refractivity contribution in [2.45, 2.75) is 0 Å². The molecule has 8 heteroatoms. The summed E-state index contributed by atoms with van der Waals surface area (Å²) in [6, 6.07) is 5.20. The third kappa shape index (κ3) is 5.00. The highest BCUT2D eigenvalue weighted by molar-refractivity contribution is 6.36. The van der Waals surface area contributed by atoms with Gasteiger partial charge in [0.2, 0.25) is 5.95 Å². The molecule has 0 bridgehead atoms. The van der Waals surface area contributed by atoms with E-state index in [-0.39, 0.29) is 0 Å². The van der Waals surface area contributed by atoms with E-state index in [4.69, 9.17) is 23.2 Å². The van der Waals surface area contributed by atoms with Crippen molar-refractivity contribution in [3.63, 3.8) is 0 Å². The van der Waals surface area contributed by atoms with Crippen molar-refractivity contribution < 1.29 is 0 Å². The molecule has 0 saturated carbocycles. The van der Waals surface area contributed by atoms with E-state index in [1.807, 2.05) is 14.1 Å². The van der Waals surface area contributed by atoms with Gasteiger partial charge in [-0.15, -0.1) is 5.10 Å². The van der Waals surface area contributed by atoms with Gasteiger partial charge < -0.3 is 15.5 Å². The van der Waals surface area contributed by atoms with Gasteiger partial charge in [-0.3, -0.25) is 0 Å². The fraction of sp³-hybridized carbons (Fsp3) is 0.308. The number of anilines is 3. The van der Waals surface area contributed by atoms with E-state index in [0.717, 1.165) is 13.1 Å². The number of nitrogens with zero attached hydrogens (tertiary/aromatic N) is 4. The normalized spacial score (nSPS) is 10.7. The van der Waals surface area contributed by atoms with Crippen LogP contribution in [0.15, 0.2) is 24.4 Å². The number of halogens is 2. The molecule has 0 amide bonds. The van der Waals surface area contributed by atoms with E-state index in [9.17, 15) is 0 Å². The molecule has 2 N–H and O–H groups in total. The number of nitrogens with one attached hydrogen (secondary N) is 2. The highest BCUT2D eigenvalue weighted by Gasteiger charge is 2.05. The van der Waals surface area contributed by atoms with Gasteiger partial charge in [0.1, 0.15) is 0 Å². The predicted octanol–water partition coefficient (Wildman–Crippen LogP) is 2.90. The topological polar surface area (TPSA) is 66.0 Å². The molecule has 2 rings (SSSR count). The highest BCUT2D eigenvalue weighted by Crippen LogP contribution is 2.27. The van der Waals surface area contributed by atoms with Gasteiger partial charge in [-0.25, -0.2) is 0 Å². The Hall–Kier alpha value is -1.63. The zero-order chi connectivity index (χ0) is 15.2. The predicted molar refractivity (Wildman–Crippen MR) is 86.6 cm³/mol. The molecule has 0 fully saturated rings. The molecular weight excluding hydrogens is 311 g/mol. The average molecular weight is 327 g/mol. The number of rotatable bonds is 6. The highest BCUT2D eigenvalue weighted by atomic mass is 35.5. The minimum Gasteiger partial charge on any atom is -0.352 e. The number of hydrogen-bond donors (Lipinski definition) is 2. The van der Waals surface area contributed by atoms with Crippen LogP contribution in [0.5, 0.6) is 0 Å². The molecule has 1 aromatic heterocycles. The molecule has 0 aliphatic rings. The van der Waals surface area contributed by atoms with Crippen molar-refractivity contribution in [2.24, 2.45) is 0 Å². The van der Waals surface area contributed by atoms with Crippen LogP contribution < -0.4 is 10.6 Å². The van der Waals surface area contributed by atoms with Crippen molar-refractivity contribution in [1.29, 1.82) is 0 Å². The third-order valence-corrected chi connectivity index (χ3v) is 3.14. The van der Waals surface area contributed by atoms with Crippen LogP contribution in [-0.4, -0.2) is 47.3 Å². The second kappa shape index (κ2) is 7.40. The molecule has 1 heterocycles. The summed E-state index contributed by atoms with van der Waals surface area (Å²) in [7, 11) is 4.00. The van der Waals surface area contributed by atoms with Gasteiger partial charge in [-0.05, 0) is 32.3 Å². The monoisotopic (exact) mass is 326 g/mol. The molecule has 21 heavy (non-hydrogen) atoms. The zero-order valence-electron chi connectivity index (χ0n) is 11.8. The van der Waals surface area contributed by atoms with Crippen LogP contribution in [0, 0.1) is 0 Å². The molecule has 0 atom stereocenters. The first kappa shape index (κ1) is 15.8. The van der Waals surface area contributed by atoms with Crippen molar-refractivity contribution in [3.8, 4) is 0 Å². The third-order valence-electron chi connectivity index (χ3n) is 2.59. The maximum atomic E-state index is 6.11. The summed E-state index contributed by atoms with van der Waals surface area (Å²) in [4.78, 5) is 6.39. The summed E-state index contributed by atoms with van der Waals surface area (Å²) < 4.78 is 0. The van der Waals surface area contributed by atoms with Gasteiger partial charge in [0.25, 0.3) is 0 Å². The lowest BCUT2D eigenvalue weighted by atomic mass is 10.3. The molecule has 2 aromatic rings. The Kier molecular flexibility index (Phi) is 5.55. The van der Waals surface area contributed by atoms with Gasteiger partial charge in [0, 0.05) is 18.1 Å². The summed E-state index contributed by atoms with van der Waals surface area (Å²) in [5.41, 5.74) is 0.709. The maximum absolute atomic E-state index is 6.11. The van der Waals surface area contributed by atoms with Crippen LogP contribution >= 0.6 is 23.2 Å². The van der Waals surface area contributed by atoms with Crippen LogP contribution in [-0.2, 0) is 0 Å². The van der Waals surface area contributed by atoms with E-state index >= 15 is 0 Å². The van der Waals surface area contributed by atoms with Gasteiger partial charge in [-0.2, -0.15) is 10.1 Å². The average Bonchev–Trinajstić information content (AvgIpc) is 2.42. The number of hydrogen-bond acceptors (Lipinski definition) is 6. The zero-order valence-corrected chi connectivity index (χ0v) is 13.3. The first-order chi connectivity index (χ1) is 10.0. The van der Waals surface area contributed by atoms with Gasteiger partial charge >= 0.3 is 0 Å². The lowest BCUT2D eigenvalue weighted by Crippen LogP contribution is -2.21. The molecule has 112 valence electrons. The van der Waals surface area contributed by atoms with Gasteiger partial charge in [-0.1, -0.05) is 23.2 Å². The minimum atomic E-state index is 0.465. The van der Waals surface area contributed by atoms with Crippen LogP contribution in [0.4, 0.5) is 17.5 Å². The van der Waals surface area contributed by atoms with E-state index in [1.54, 1.807) is 18.2 Å². The molecule has 6 nitrogen and oxygen atoms in total. The Morgan fingerprint density at radius 3 is 2.76 bits per heavy atom. The molecule has 0 spiro atoms. The van der Waals surface area contributed by atoms with Crippen molar-refractivity contribution >= 4 is 40.7 Å². The second-order valence-electron chi connectivity index (χ2n) is 4.64. The standard InChI is InChI=1S/C13H16Cl2N6/c1-21(2)6-5-16-13-19-12(8-17-20-13)18-11-4-3-9(14)7-10(11)15/h3-4,7-8H,5-6H2,1-2H3,(H2,16,18,19,20). The Balaban J connectivity index is 2.03. The second-order valence-corrected chi connectivity index (χ2v) is 5.49. The fourth-order valence-electron chi connectivity index (χ4n) is 1.56. The Morgan fingerprint density at radius 2 is 2.05 bits per heavy atom. The Morgan fingerprint density at radius 1 is 1.24 bits per heavy atom. The Bertz CT molecular complexity index is 605. The lowest BCUT2D eigenvalue weighted by Gasteiger charge is -2.11. The summed E-state index contributed by atoms with van der Waals surface area (Å²) in [5.74, 6) is 1.02. The summed E-state index contributed by atoms with van der Waals surface area (Å²) >= 11 is 12.0. The smallest absolute Gasteiger partial charge is 0.244 e. The van der Waals surface area contributed by atoms with Crippen LogP contribution in [0.25, 0.3) is 0 Å².